The van der Waals surface area contributed by atoms with E-state index in [4.69, 9.17) is 0 Å². The van der Waals surface area contributed by atoms with Crippen LogP contribution < -0.4 is 10.6 Å². The van der Waals surface area contributed by atoms with Crippen LogP contribution in [0.5, 0.6) is 0 Å². The molecule has 1 aromatic heterocycles. The minimum absolute atomic E-state index is 0.0642. The minimum atomic E-state index is -4.47. The molecule has 0 amide bonds. The normalized spacial score (nSPS) is 12.3. The highest BCUT2D eigenvalue weighted by Gasteiger charge is 2.33. The van der Waals surface area contributed by atoms with Crippen molar-refractivity contribution in [2.45, 2.75) is 19.1 Å². The first-order chi connectivity index (χ1) is 11.8. The van der Waals surface area contributed by atoms with Crippen molar-refractivity contribution in [2.24, 2.45) is 4.99 Å². The number of alkyl halides is 3. The minimum Gasteiger partial charge on any atom is -0.356 e. The highest BCUT2D eigenvalue weighted by atomic mass is 32.1. The highest BCUT2D eigenvalue weighted by molar-refractivity contribution is 7.09. The lowest BCUT2D eigenvalue weighted by Gasteiger charge is -2.11. The molecule has 1 heterocycles. The van der Waals surface area contributed by atoms with Crippen molar-refractivity contribution < 1.29 is 22.0 Å². The largest absolute Gasteiger partial charge is 0.434 e. The van der Waals surface area contributed by atoms with Crippen LogP contribution in [0.25, 0.3) is 0 Å². The van der Waals surface area contributed by atoms with E-state index in [1.165, 1.54) is 7.05 Å². The first-order valence-electron chi connectivity index (χ1n) is 7.19. The Morgan fingerprint density at radius 2 is 2.00 bits per heavy atom. The Kier molecular flexibility index (Phi) is 6.29. The average Bonchev–Trinajstić information content (AvgIpc) is 3.03. The number of hydrogen-bond donors (Lipinski definition) is 2. The van der Waals surface area contributed by atoms with E-state index in [-0.39, 0.29) is 30.1 Å². The van der Waals surface area contributed by atoms with E-state index in [9.17, 15) is 22.0 Å². The second-order valence-electron chi connectivity index (χ2n) is 4.96. The summed E-state index contributed by atoms with van der Waals surface area (Å²) < 4.78 is 64.0. The molecule has 0 aliphatic rings. The lowest BCUT2D eigenvalue weighted by molar-refractivity contribution is -0.140. The predicted octanol–water partition coefficient (Wildman–Crippen LogP) is 3.35. The number of thiazole rings is 1. The summed E-state index contributed by atoms with van der Waals surface area (Å²) in [5, 5.41) is 6.89. The molecule has 0 saturated heterocycles. The lowest BCUT2D eigenvalue weighted by Crippen LogP contribution is -2.37. The zero-order valence-electron chi connectivity index (χ0n) is 13.1. The molecule has 0 fully saturated rings. The Balaban J connectivity index is 1.83. The highest BCUT2D eigenvalue weighted by Crippen LogP contribution is 2.29. The molecule has 4 nitrogen and oxygen atoms in total. The number of aliphatic imine (C=N–C) groups is 1. The van der Waals surface area contributed by atoms with Crippen molar-refractivity contribution in [3.63, 3.8) is 0 Å². The van der Waals surface area contributed by atoms with Gasteiger partial charge in [-0.15, -0.1) is 11.3 Å². The number of guanidine groups is 1. The summed E-state index contributed by atoms with van der Waals surface area (Å²) >= 11 is 0.886. The number of aromatic nitrogens is 1. The maximum absolute atomic E-state index is 13.5. The van der Waals surface area contributed by atoms with Gasteiger partial charge in [0.25, 0.3) is 0 Å². The van der Waals surface area contributed by atoms with Crippen LogP contribution in [0.2, 0.25) is 0 Å². The van der Waals surface area contributed by atoms with Gasteiger partial charge in [-0.2, -0.15) is 13.2 Å². The summed E-state index contributed by atoms with van der Waals surface area (Å²) in [4.78, 5) is 7.40. The molecule has 0 radical (unpaired) electrons. The average molecular weight is 378 g/mol. The summed E-state index contributed by atoms with van der Waals surface area (Å²) in [5.41, 5.74) is -0.712. The number of hydrogen-bond acceptors (Lipinski definition) is 3. The van der Waals surface area contributed by atoms with Gasteiger partial charge in [-0.1, -0.05) is 0 Å². The topological polar surface area (TPSA) is 49.3 Å². The number of rotatable bonds is 5. The molecule has 0 bridgehead atoms. The molecule has 2 aromatic rings. The van der Waals surface area contributed by atoms with Crippen LogP contribution >= 0.6 is 11.3 Å². The maximum Gasteiger partial charge on any atom is 0.434 e. The summed E-state index contributed by atoms with van der Waals surface area (Å²) in [6, 6.07) is 3.20. The second-order valence-corrected chi connectivity index (χ2v) is 5.91. The van der Waals surface area contributed by atoms with Gasteiger partial charge in [0.15, 0.2) is 11.7 Å². The van der Waals surface area contributed by atoms with Crippen LogP contribution in [0.4, 0.5) is 22.0 Å². The molecule has 0 aliphatic heterocycles. The number of benzene rings is 1. The van der Waals surface area contributed by atoms with Gasteiger partial charge in [0.05, 0.1) is 6.54 Å². The monoisotopic (exact) mass is 378 g/mol. The van der Waals surface area contributed by atoms with E-state index >= 15 is 0 Å². The van der Waals surface area contributed by atoms with Crippen LogP contribution in [0.1, 0.15) is 16.3 Å². The van der Waals surface area contributed by atoms with Crippen molar-refractivity contribution in [3.8, 4) is 0 Å². The quantitative estimate of drug-likeness (QED) is 0.477. The van der Waals surface area contributed by atoms with Crippen LogP contribution in [-0.2, 0) is 19.1 Å². The van der Waals surface area contributed by atoms with E-state index in [0.29, 0.717) is 5.96 Å². The fraction of sp³-hybridized carbons (Fsp3) is 0.333. The second kappa shape index (κ2) is 8.24. The molecule has 0 unspecified atom stereocenters. The molecule has 1 aromatic carbocycles. The van der Waals surface area contributed by atoms with E-state index in [0.717, 1.165) is 34.9 Å². The van der Waals surface area contributed by atoms with Crippen molar-refractivity contribution >= 4 is 17.3 Å². The third-order valence-electron chi connectivity index (χ3n) is 3.17. The Morgan fingerprint density at radius 3 is 2.64 bits per heavy atom. The zero-order chi connectivity index (χ0) is 18.4. The molecule has 136 valence electrons. The number of halogens is 5. The Hall–Kier alpha value is -2.23. The Morgan fingerprint density at radius 1 is 1.24 bits per heavy atom. The molecule has 10 heteroatoms. The Labute approximate surface area is 144 Å². The van der Waals surface area contributed by atoms with E-state index in [2.05, 4.69) is 20.6 Å². The Bertz CT molecular complexity index is 742. The van der Waals surface area contributed by atoms with E-state index in [1.807, 2.05) is 0 Å². The van der Waals surface area contributed by atoms with Gasteiger partial charge < -0.3 is 10.6 Å². The third kappa shape index (κ3) is 5.66. The first-order valence-corrected chi connectivity index (χ1v) is 8.07. The first kappa shape index (κ1) is 19.1. The lowest BCUT2D eigenvalue weighted by atomic mass is 10.1. The summed E-state index contributed by atoms with van der Waals surface area (Å²) in [5.74, 6) is -0.711. The van der Waals surface area contributed by atoms with Crippen LogP contribution in [0.3, 0.4) is 0 Å². The smallest absolute Gasteiger partial charge is 0.356 e. The van der Waals surface area contributed by atoms with Crippen molar-refractivity contribution in [2.75, 3.05) is 13.6 Å². The number of nitrogens with one attached hydrogen (secondary N) is 2. The molecule has 0 saturated carbocycles. The van der Waals surface area contributed by atoms with Crippen LogP contribution in [0.15, 0.2) is 28.6 Å². The van der Waals surface area contributed by atoms with Crippen LogP contribution in [0, 0.1) is 11.6 Å². The molecule has 0 aliphatic carbocycles. The fourth-order valence-corrected chi connectivity index (χ4v) is 2.69. The van der Waals surface area contributed by atoms with E-state index in [1.54, 1.807) is 0 Å². The third-order valence-corrected chi connectivity index (χ3v) is 4.02. The zero-order valence-corrected chi connectivity index (χ0v) is 13.9. The van der Waals surface area contributed by atoms with Crippen molar-refractivity contribution in [1.82, 2.24) is 15.6 Å². The predicted molar refractivity (Wildman–Crippen MR) is 85.4 cm³/mol. The van der Waals surface area contributed by atoms with Crippen molar-refractivity contribution in [1.29, 1.82) is 0 Å². The van der Waals surface area contributed by atoms with Gasteiger partial charge in [0.1, 0.15) is 16.6 Å². The summed E-state index contributed by atoms with van der Waals surface area (Å²) in [7, 11) is 1.49. The summed E-state index contributed by atoms with van der Waals surface area (Å²) in [6.07, 6.45) is -4.25. The molecule has 0 spiro atoms. The van der Waals surface area contributed by atoms with E-state index < -0.39 is 23.5 Å². The molecule has 0 atom stereocenters. The molecule has 2 N–H and O–H groups in total. The van der Waals surface area contributed by atoms with Gasteiger partial charge in [-0.05, 0) is 30.2 Å². The van der Waals surface area contributed by atoms with Crippen LogP contribution in [-0.4, -0.2) is 24.5 Å². The van der Waals surface area contributed by atoms with Gasteiger partial charge >= 0.3 is 6.18 Å². The standard InChI is InChI=1S/C15H15F5N4S/c1-21-14(22-5-4-9-6-10(16)2-3-11(9)17)23-7-13-24-12(8-25-13)15(18,19)20/h2-3,6,8H,4-5,7H2,1H3,(H2,21,22,23). The van der Waals surface area contributed by atoms with Gasteiger partial charge in [-0.25, -0.2) is 13.8 Å². The van der Waals surface area contributed by atoms with Gasteiger partial charge in [-0.3, -0.25) is 4.99 Å². The SMILES string of the molecule is CN=C(NCCc1cc(F)ccc1F)NCc1nc(C(F)(F)F)cs1. The molecule has 2 rings (SSSR count). The van der Waals surface area contributed by atoms with Gasteiger partial charge in [0.2, 0.25) is 0 Å². The fourth-order valence-electron chi connectivity index (χ4n) is 1.95. The number of nitrogens with zero attached hydrogens (tertiary/aromatic N) is 2. The van der Waals surface area contributed by atoms with Crippen molar-refractivity contribution in [3.05, 3.63) is 51.5 Å². The molecular weight excluding hydrogens is 363 g/mol. The maximum atomic E-state index is 13.5. The van der Waals surface area contributed by atoms with Gasteiger partial charge in [0, 0.05) is 19.0 Å². The molecular formula is C15H15F5N4S. The summed E-state index contributed by atoms with van der Waals surface area (Å²) in [6.45, 7) is 0.334. The molecule has 25 heavy (non-hydrogen) atoms.